The third kappa shape index (κ3) is 1.19. The van der Waals surface area contributed by atoms with Crippen molar-refractivity contribution in [3.05, 3.63) is 34.4 Å². The molecular weight excluding hydrogens is 182 g/mol. The van der Waals surface area contributed by atoms with E-state index in [0.717, 1.165) is 11.3 Å². The van der Waals surface area contributed by atoms with Gasteiger partial charge in [-0.05, 0) is 19.1 Å². The van der Waals surface area contributed by atoms with Gasteiger partial charge in [-0.15, -0.1) is 0 Å². The molecule has 5 nitrogen and oxygen atoms in total. The van der Waals surface area contributed by atoms with Gasteiger partial charge in [-0.3, -0.25) is 9.78 Å². The molecule has 14 heavy (non-hydrogen) atoms. The van der Waals surface area contributed by atoms with Gasteiger partial charge in [0.05, 0.1) is 0 Å². The van der Waals surface area contributed by atoms with Gasteiger partial charge in [0, 0.05) is 17.5 Å². The van der Waals surface area contributed by atoms with Gasteiger partial charge in [0.1, 0.15) is 5.69 Å². The number of pyridine rings is 1. The van der Waals surface area contributed by atoms with Crippen molar-refractivity contribution in [1.82, 2.24) is 10.1 Å². The zero-order valence-corrected chi connectivity index (χ0v) is 7.57. The van der Waals surface area contributed by atoms with E-state index in [0.29, 0.717) is 5.76 Å². The minimum absolute atomic E-state index is 0.0844. The predicted octanol–water partition coefficient (Wildman–Crippen LogP) is 0.921. The van der Waals surface area contributed by atoms with Crippen LogP contribution >= 0.6 is 0 Å². The molecule has 0 spiro atoms. The number of nitrogens with zero attached hydrogens (tertiary/aromatic N) is 1. The second-order valence-electron chi connectivity index (χ2n) is 2.91. The van der Waals surface area contributed by atoms with Crippen molar-refractivity contribution in [3.8, 4) is 11.3 Å². The molecule has 2 rings (SSSR count). The van der Waals surface area contributed by atoms with E-state index in [1.807, 2.05) is 6.92 Å². The molecule has 0 bridgehead atoms. The number of nitrogens with one attached hydrogen (secondary N) is 1. The Kier molecular flexibility index (Phi) is 1.85. The van der Waals surface area contributed by atoms with Crippen molar-refractivity contribution < 1.29 is 4.52 Å². The summed E-state index contributed by atoms with van der Waals surface area (Å²) < 4.78 is 4.96. The van der Waals surface area contributed by atoms with E-state index >= 15 is 0 Å². The average molecular weight is 191 g/mol. The maximum absolute atomic E-state index is 11.0. The zero-order chi connectivity index (χ0) is 10.1. The highest BCUT2D eigenvalue weighted by molar-refractivity contribution is 5.71. The number of hydrogen-bond acceptors (Lipinski definition) is 4. The first-order valence-electron chi connectivity index (χ1n) is 4.09. The summed E-state index contributed by atoms with van der Waals surface area (Å²) in [6.07, 6.45) is 1.67. The van der Waals surface area contributed by atoms with Crippen molar-refractivity contribution in [2.24, 2.45) is 0 Å². The quantitative estimate of drug-likeness (QED) is 0.701. The van der Waals surface area contributed by atoms with Crippen LogP contribution in [0.25, 0.3) is 11.3 Å². The van der Waals surface area contributed by atoms with Gasteiger partial charge in [-0.2, -0.15) is 5.16 Å². The lowest BCUT2D eigenvalue weighted by molar-refractivity contribution is 0.425. The van der Waals surface area contributed by atoms with Crippen LogP contribution in [0.5, 0.6) is 0 Å². The molecule has 0 saturated carbocycles. The van der Waals surface area contributed by atoms with Crippen LogP contribution in [0.1, 0.15) is 5.69 Å². The molecule has 0 aliphatic rings. The maximum Gasteiger partial charge on any atom is 0.303 e. The van der Waals surface area contributed by atoms with E-state index in [1.54, 1.807) is 18.3 Å². The zero-order valence-electron chi connectivity index (χ0n) is 7.57. The molecule has 2 aromatic rings. The molecule has 0 aliphatic carbocycles. The Labute approximate surface area is 79.5 Å². The van der Waals surface area contributed by atoms with Crippen molar-refractivity contribution in [2.45, 2.75) is 6.92 Å². The van der Waals surface area contributed by atoms with Crippen LogP contribution in [-0.2, 0) is 0 Å². The molecule has 0 unspecified atom stereocenters. The van der Waals surface area contributed by atoms with E-state index in [2.05, 4.69) is 10.1 Å². The number of anilines is 1. The first-order valence-corrected chi connectivity index (χ1v) is 4.09. The van der Waals surface area contributed by atoms with E-state index < -0.39 is 5.56 Å². The molecule has 0 saturated heterocycles. The molecule has 0 amide bonds. The second-order valence-corrected chi connectivity index (χ2v) is 2.91. The van der Waals surface area contributed by atoms with E-state index in [9.17, 15) is 4.79 Å². The number of aromatic amines is 1. The highest BCUT2D eigenvalue weighted by atomic mass is 16.5. The van der Waals surface area contributed by atoms with Gasteiger partial charge in [0.25, 0.3) is 0 Å². The van der Waals surface area contributed by atoms with Crippen LogP contribution < -0.4 is 11.3 Å². The second kappa shape index (κ2) is 3.02. The summed E-state index contributed by atoms with van der Waals surface area (Å²) in [4.78, 5) is 15.1. The van der Waals surface area contributed by atoms with E-state index in [1.165, 1.54) is 0 Å². The Morgan fingerprint density at radius 3 is 2.93 bits per heavy atom. The monoisotopic (exact) mass is 191 g/mol. The molecule has 0 aliphatic heterocycles. The van der Waals surface area contributed by atoms with E-state index in [4.69, 9.17) is 10.3 Å². The third-order valence-corrected chi connectivity index (χ3v) is 1.99. The lowest BCUT2D eigenvalue weighted by atomic mass is 10.1. The van der Waals surface area contributed by atoms with Gasteiger partial charge in [0.2, 0.25) is 0 Å². The molecule has 72 valence electrons. The molecule has 2 heterocycles. The molecule has 3 N–H and O–H groups in total. The Balaban J connectivity index is 2.66. The molecular formula is C9H9N3O2. The van der Waals surface area contributed by atoms with Gasteiger partial charge >= 0.3 is 5.56 Å². The first kappa shape index (κ1) is 8.55. The number of aromatic nitrogens is 2. The Morgan fingerprint density at radius 1 is 1.57 bits per heavy atom. The summed E-state index contributed by atoms with van der Waals surface area (Å²) in [6.45, 7) is 1.82. The Morgan fingerprint density at radius 2 is 2.36 bits per heavy atom. The highest BCUT2D eigenvalue weighted by Crippen LogP contribution is 2.24. The van der Waals surface area contributed by atoms with Gasteiger partial charge in [0.15, 0.2) is 5.76 Å². The summed E-state index contributed by atoms with van der Waals surface area (Å²) in [5.41, 5.74) is 6.70. The summed E-state index contributed by atoms with van der Waals surface area (Å²) in [7, 11) is 0. The first-order chi connectivity index (χ1) is 6.70. The normalized spacial score (nSPS) is 10.4. The standard InChI is InChI=1S/C9H9N3O2/c1-5-6(3-2-4-11-5)8-7(10)9(13)12-14-8/h2-4H,10H2,1H3,(H,12,13). The molecule has 0 radical (unpaired) electrons. The van der Waals surface area contributed by atoms with E-state index in [-0.39, 0.29) is 5.69 Å². The Hall–Kier alpha value is -2.04. The van der Waals surface area contributed by atoms with Crippen molar-refractivity contribution in [3.63, 3.8) is 0 Å². The minimum atomic E-state index is -0.414. The molecule has 0 aromatic carbocycles. The van der Waals surface area contributed by atoms with Crippen molar-refractivity contribution >= 4 is 5.69 Å². The predicted molar refractivity (Wildman–Crippen MR) is 51.7 cm³/mol. The summed E-state index contributed by atoms with van der Waals surface area (Å²) in [5.74, 6) is 0.348. The number of hydrogen-bond donors (Lipinski definition) is 2. The summed E-state index contributed by atoms with van der Waals surface area (Å²) in [5, 5.41) is 2.18. The van der Waals surface area contributed by atoms with Crippen LogP contribution in [0.2, 0.25) is 0 Å². The van der Waals surface area contributed by atoms with Crippen LogP contribution in [0.15, 0.2) is 27.6 Å². The number of rotatable bonds is 1. The smallest absolute Gasteiger partial charge is 0.303 e. The number of nitrogens with two attached hydrogens (primary N) is 1. The van der Waals surface area contributed by atoms with Crippen molar-refractivity contribution in [1.29, 1.82) is 0 Å². The van der Waals surface area contributed by atoms with Gasteiger partial charge in [-0.1, -0.05) is 0 Å². The largest absolute Gasteiger partial charge is 0.391 e. The lowest BCUT2D eigenvalue weighted by Crippen LogP contribution is -2.04. The van der Waals surface area contributed by atoms with Crippen LogP contribution in [0.3, 0.4) is 0 Å². The lowest BCUT2D eigenvalue weighted by Gasteiger charge is -1.99. The van der Waals surface area contributed by atoms with Gasteiger partial charge in [-0.25, -0.2) is 0 Å². The topological polar surface area (TPSA) is 84.9 Å². The average Bonchev–Trinajstić information content (AvgIpc) is 2.49. The molecule has 0 atom stereocenters. The summed E-state index contributed by atoms with van der Waals surface area (Å²) >= 11 is 0. The van der Waals surface area contributed by atoms with Crippen LogP contribution in [0.4, 0.5) is 5.69 Å². The SMILES string of the molecule is Cc1ncccc1-c1o[nH]c(=O)c1N. The van der Waals surface area contributed by atoms with Crippen LogP contribution in [0, 0.1) is 6.92 Å². The maximum atomic E-state index is 11.0. The van der Waals surface area contributed by atoms with Crippen LogP contribution in [-0.4, -0.2) is 10.1 Å². The fourth-order valence-corrected chi connectivity index (χ4v) is 1.23. The van der Waals surface area contributed by atoms with Crippen molar-refractivity contribution in [2.75, 3.05) is 5.73 Å². The number of H-pyrrole nitrogens is 1. The Bertz CT molecular complexity index is 513. The fraction of sp³-hybridized carbons (Fsp3) is 0.111. The molecule has 5 heteroatoms. The van der Waals surface area contributed by atoms with Gasteiger partial charge < -0.3 is 10.3 Å². The number of aryl methyl sites for hydroxylation is 1. The summed E-state index contributed by atoms with van der Waals surface area (Å²) in [6, 6.07) is 3.56. The minimum Gasteiger partial charge on any atom is -0.391 e. The third-order valence-electron chi connectivity index (χ3n) is 1.99. The highest BCUT2D eigenvalue weighted by Gasteiger charge is 2.13. The number of nitrogen functional groups attached to an aromatic ring is 1. The molecule has 2 aromatic heterocycles. The fourth-order valence-electron chi connectivity index (χ4n) is 1.23. The molecule has 0 fully saturated rings.